The lowest BCUT2D eigenvalue weighted by Gasteiger charge is -1.97. The van der Waals surface area contributed by atoms with Crippen LogP contribution >= 0.6 is 0 Å². The quantitative estimate of drug-likeness (QED) is 0.547. The lowest BCUT2D eigenvalue weighted by molar-refractivity contribution is 0.627. The van der Waals surface area contributed by atoms with Gasteiger partial charge in [0.25, 0.3) is 0 Å². The molecule has 0 saturated heterocycles. The second-order valence-corrected chi connectivity index (χ2v) is 3.61. The summed E-state index contributed by atoms with van der Waals surface area (Å²) in [6, 6.07) is 2.22. The number of hydrogen-bond donors (Lipinski definition) is 0. The van der Waals surface area contributed by atoms with Gasteiger partial charge in [0, 0.05) is 11.9 Å². The fourth-order valence-corrected chi connectivity index (χ4v) is 1.84. The molecule has 0 spiro atoms. The highest BCUT2D eigenvalue weighted by Gasteiger charge is 2.17. The summed E-state index contributed by atoms with van der Waals surface area (Å²) in [5.74, 6) is 0.827. The zero-order chi connectivity index (χ0) is 7.84. The molecule has 2 rings (SSSR count). The Morgan fingerprint density at radius 1 is 1.36 bits per heavy atom. The maximum absolute atomic E-state index is 4.29. The predicted molar refractivity (Wildman–Crippen MR) is 45.5 cm³/mol. The average Bonchev–Trinajstić information content (AvgIpc) is 2.27. The van der Waals surface area contributed by atoms with Gasteiger partial charge in [-0.1, -0.05) is 6.92 Å². The van der Waals surface area contributed by atoms with Gasteiger partial charge in [0.1, 0.15) is 0 Å². The first-order valence-electron chi connectivity index (χ1n) is 4.20. The summed E-state index contributed by atoms with van der Waals surface area (Å²) in [6.07, 6.45) is 4.51. The molecule has 0 bridgehead atoms. The summed E-state index contributed by atoms with van der Waals surface area (Å²) in [4.78, 5) is 4.29. The van der Waals surface area contributed by atoms with Crippen LogP contribution in [0, 0.1) is 12.8 Å². The van der Waals surface area contributed by atoms with Crippen LogP contribution in [-0.4, -0.2) is 4.98 Å². The van der Waals surface area contributed by atoms with Crippen molar-refractivity contribution in [1.29, 1.82) is 0 Å². The summed E-state index contributed by atoms with van der Waals surface area (Å²) in [5.41, 5.74) is 4.13. The van der Waals surface area contributed by atoms with Gasteiger partial charge in [0.2, 0.25) is 0 Å². The first kappa shape index (κ1) is 6.84. The van der Waals surface area contributed by atoms with Crippen molar-refractivity contribution in [2.24, 2.45) is 5.92 Å². The number of nitrogens with zero attached hydrogens (tertiary/aromatic N) is 1. The van der Waals surface area contributed by atoms with Crippen LogP contribution in [0.25, 0.3) is 0 Å². The fraction of sp³-hybridized carbons (Fsp3) is 0.500. The molecule has 1 aromatic rings. The first-order chi connectivity index (χ1) is 5.25. The van der Waals surface area contributed by atoms with Crippen molar-refractivity contribution in [3.8, 4) is 0 Å². The van der Waals surface area contributed by atoms with Crippen LogP contribution in [0.2, 0.25) is 0 Å². The molecule has 1 aliphatic carbocycles. The summed E-state index contributed by atoms with van der Waals surface area (Å²) in [6.45, 7) is 4.36. The third-order valence-electron chi connectivity index (χ3n) is 2.36. The topological polar surface area (TPSA) is 12.9 Å². The molecular weight excluding hydrogens is 134 g/mol. The van der Waals surface area contributed by atoms with E-state index < -0.39 is 0 Å². The molecule has 1 nitrogen and oxygen atoms in total. The van der Waals surface area contributed by atoms with Crippen molar-refractivity contribution in [2.45, 2.75) is 26.7 Å². The van der Waals surface area contributed by atoms with Gasteiger partial charge in [-0.15, -0.1) is 0 Å². The van der Waals surface area contributed by atoms with Crippen LogP contribution in [0.15, 0.2) is 12.3 Å². The molecule has 0 saturated carbocycles. The largest absolute Gasteiger partial charge is 0.261 e. The number of aromatic nitrogens is 1. The molecule has 1 heterocycles. The van der Waals surface area contributed by atoms with E-state index in [9.17, 15) is 0 Å². The number of rotatable bonds is 0. The minimum atomic E-state index is 0.827. The van der Waals surface area contributed by atoms with E-state index in [0.717, 1.165) is 11.6 Å². The summed E-state index contributed by atoms with van der Waals surface area (Å²) < 4.78 is 0. The van der Waals surface area contributed by atoms with Crippen LogP contribution in [0.5, 0.6) is 0 Å². The van der Waals surface area contributed by atoms with Crippen LogP contribution in [0.4, 0.5) is 0 Å². The molecule has 1 heteroatoms. The highest BCUT2D eigenvalue weighted by Crippen LogP contribution is 2.25. The zero-order valence-corrected chi connectivity index (χ0v) is 7.09. The predicted octanol–water partition coefficient (Wildman–Crippen LogP) is 2.12. The van der Waals surface area contributed by atoms with Gasteiger partial charge in [0.15, 0.2) is 0 Å². The highest BCUT2D eigenvalue weighted by molar-refractivity contribution is 5.31. The number of fused-ring (bicyclic) bond motifs is 1. The van der Waals surface area contributed by atoms with Crippen LogP contribution in [-0.2, 0) is 12.8 Å². The second kappa shape index (κ2) is 2.33. The molecular formula is C10H13N. The van der Waals surface area contributed by atoms with E-state index in [0.29, 0.717) is 0 Å². The van der Waals surface area contributed by atoms with Crippen molar-refractivity contribution in [3.05, 3.63) is 29.1 Å². The Morgan fingerprint density at radius 3 is 2.91 bits per heavy atom. The average molecular weight is 147 g/mol. The maximum atomic E-state index is 4.29. The third kappa shape index (κ3) is 1.15. The van der Waals surface area contributed by atoms with Crippen molar-refractivity contribution in [2.75, 3.05) is 0 Å². The first-order valence-corrected chi connectivity index (χ1v) is 4.20. The van der Waals surface area contributed by atoms with Crippen LogP contribution in [0.3, 0.4) is 0 Å². The molecule has 0 aliphatic heterocycles. The Hall–Kier alpha value is -0.850. The van der Waals surface area contributed by atoms with E-state index in [1.54, 1.807) is 0 Å². The second-order valence-electron chi connectivity index (χ2n) is 3.61. The minimum Gasteiger partial charge on any atom is -0.261 e. The van der Waals surface area contributed by atoms with E-state index in [2.05, 4.69) is 24.9 Å². The Kier molecular flexibility index (Phi) is 1.45. The van der Waals surface area contributed by atoms with Crippen molar-refractivity contribution in [3.63, 3.8) is 0 Å². The molecule has 0 N–H and O–H groups in total. The van der Waals surface area contributed by atoms with E-state index in [4.69, 9.17) is 0 Å². The lowest BCUT2D eigenvalue weighted by atomic mass is 10.1. The molecule has 0 radical (unpaired) electrons. The Bertz CT molecular complexity index is 278. The Labute approximate surface area is 67.5 Å². The number of pyridine rings is 1. The van der Waals surface area contributed by atoms with Crippen LogP contribution < -0.4 is 0 Å². The molecule has 58 valence electrons. The molecule has 1 aliphatic rings. The van der Waals surface area contributed by atoms with Gasteiger partial charge >= 0.3 is 0 Å². The number of aryl methyl sites for hydroxylation is 1. The molecule has 11 heavy (non-hydrogen) atoms. The van der Waals surface area contributed by atoms with Gasteiger partial charge < -0.3 is 0 Å². The van der Waals surface area contributed by atoms with Crippen molar-refractivity contribution >= 4 is 0 Å². The van der Waals surface area contributed by atoms with E-state index >= 15 is 0 Å². The fourth-order valence-electron chi connectivity index (χ4n) is 1.84. The molecule has 0 aromatic carbocycles. The summed E-state index contributed by atoms with van der Waals surface area (Å²) in [7, 11) is 0. The SMILES string of the molecule is Cc1cc2c(cn1)CC(C)C2. The van der Waals surface area contributed by atoms with Gasteiger partial charge in [-0.05, 0) is 42.9 Å². The monoisotopic (exact) mass is 147 g/mol. The Morgan fingerprint density at radius 2 is 2.09 bits per heavy atom. The number of hydrogen-bond acceptors (Lipinski definition) is 1. The maximum Gasteiger partial charge on any atom is 0.0375 e. The normalized spacial score (nSPS) is 21.8. The van der Waals surface area contributed by atoms with Gasteiger partial charge in [-0.2, -0.15) is 0 Å². The molecule has 0 amide bonds. The van der Waals surface area contributed by atoms with Crippen molar-refractivity contribution < 1.29 is 0 Å². The molecule has 1 atom stereocenters. The standard InChI is InChI=1S/C10H13N/c1-7-3-9-5-8(2)11-6-10(9)4-7/h5-7H,3-4H2,1-2H3. The molecule has 0 fully saturated rings. The summed E-state index contributed by atoms with van der Waals surface area (Å²) in [5, 5.41) is 0. The van der Waals surface area contributed by atoms with E-state index in [1.807, 2.05) is 6.20 Å². The van der Waals surface area contributed by atoms with Gasteiger partial charge in [0.05, 0.1) is 0 Å². The Balaban J connectivity index is 2.43. The highest BCUT2D eigenvalue weighted by atomic mass is 14.7. The van der Waals surface area contributed by atoms with Crippen molar-refractivity contribution in [1.82, 2.24) is 4.98 Å². The molecule has 1 aromatic heterocycles. The van der Waals surface area contributed by atoms with E-state index in [-0.39, 0.29) is 0 Å². The zero-order valence-electron chi connectivity index (χ0n) is 7.09. The van der Waals surface area contributed by atoms with Gasteiger partial charge in [-0.3, -0.25) is 4.98 Å². The third-order valence-corrected chi connectivity index (χ3v) is 2.36. The lowest BCUT2D eigenvalue weighted by Crippen LogP contribution is -1.89. The van der Waals surface area contributed by atoms with Crippen LogP contribution in [0.1, 0.15) is 23.7 Å². The van der Waals surface area contributed by atoms with E-state index in [1.165, 1.54) is 24.0 Å². The minimum absolute atomic E-state index is 0.827. The van der Waals surface area contributed by atoms with Gasteiger partial charge in [-0.25, -0.2) is 0 Å². The summed E-state index contributed by atoms with van der Waals surface area (Å²) >= 11 is 0. The molecule has 1 unspecified atom stereocenters. The smallest absolute Gasteiger partial charge is 0.0375 e.